The summed E-state index contributed by atoms with van der Waals surface area (Å²) in [5.74, 6) is 2.73. The van der Waals surface area contributed by atoms with E-state index in [-0.39, 0.29) is 0 Å². The van der Waals surface area contributed by atoms with Crippen molar-refractivity contribution in [1.82, 2.24) is 9.80 Å². The van der Waals surface area contributed by atoms with Gasteiger partial charge in [-0.3, -0.25) is 4.90 Å². The van der Waals surface area contributed by atoms with Crippen molar-refractivity contribution in [3.8, 4) is 0 Å². The smallest absolute Gasteiger partial charge is 0.120 e. The molecule has 1 aliphatic heterocycles. The van der Waals surface area contributed by atoms with E-state index in [1.165, 1.54) is 25.2 Å². The number of nitrogens with two attached hydrogens (primary N) is 1. The molecule has 2 heterocycles. The van der Waals surface area contributed by atoms with Crippen molar-refractivity contribution in [3.05, 3.63) is 23.2 Å². The lowest BCUT2D eigenvalue weighted by Gasteiger charge is -2.35. The number of aryl methyl sites for hydroxylation is 1. The van der Waals surface area contributed by atoms with E-state index in [2.05, 4.69) is 36.6 Å². The Balaban J connectivity index is 1.81. The molecule has 2 rings (SSSR count). The molecule has 4 nitrogen and oxygen atoms in total. The van der Waals surface area contributed by atoms with Crippen LogP contribution in [-0.2, 0) is 13.1 Å². The number of rotatable bonds is 5. The first-order chi connectivity index (χ1) is 9.08. The monoisotopic (exact) mass is 265 g/mol. The molecule has 108 valence electrons. The van der Waals surface area contributed by atoms with Gasteiger partial charge in [0.1, 0.15) is 11.5 Å². The van der Waals surface area contributed by atoms with Crippen LogP contribution in [0.25, 0.3) is 0 Å². The van der Waals surface area contributed by atoms with Crippen LogP contribution >= 0.6 is 0 Å². The van der Waals surface area contributed by atoms with Gasteiger partial charge in [0.05, 0.1) is 13.1 Å². The maximum Gasteiger partial charge on any atom is 0.120 e. The second-order valence-electron chi connectivity index (χ2n) is 5.99. The molecule has 1 fully saturated rings. The van der Waals surface area contributed by atoms with Gasteiger partial charge in [0.2, 0.25) is 0 Å². The van der Waals surface area contributed by atoms with Crippen molar-refractivity contribution in [2.75, 3.05) is 32.7 Å². The fraction of sp³-hybridized carbons (Fsp3) is 0.733. The lowest BCUT2D eigenvalue weighted by molar-refractivity contribution is 0.111. The van der Waals surface area contributed by atoms with Crippen molar-refractivity contribution in [1.29, 1.82) is 0 Å². The van der Waals surface area contributed by atoms with Gasteiger partial charge in [0, 0.05) is 32.7 Å². The highest BCUT2D eigenvalue weighted by molar-refractivity contribution is 5.19. The standard InChI is InChI=1S/C15H27N3O/c1-12(2)10-17-4-6-18(7-5-17)11-14-8-13(3)15(9-16)19-14/h8,12H,4-7,9-11,16H2,1-3H3. The van der Waals surface area contributed by atoms with Crippen LogP contribution in [0, 0.1) is 12.8 Å². The summed E-state index contributed by atoms with van der Waals surface area (Å²) in [5.41, 5.74) is 6.82. The largest absolute Gasteiger partial charge is 0.463 e. The molecule has 0 aliphatic carbocycles. The summed E-state index contributed by atoms with van der Waals surface area (Å²) in [6.07, 6.45) is 0. The normalized spacial score (nSPS) is 18.4. The molecule has 0 radical (unpaired) electrons. The van der Waals surface area contributed by atoms with Crippen LogP contribution in [-0.4, -0.2) is 42.5 Å². The van der Waals surface area contributed by atoms with Crippen molar-refractivity contribution < 1.29 is 4.42 Å². The summed E-state index contributed by atoms with van der Waals surface area (Å²) < 4.78 is 5.78. The average molecular weight is 265 g/mol. The second-order valence-corrected chi connectivity index (χ2v) is 5.99. The zero-order chi connectivity index (χ0) is 13.8. The van der Waals surface area contributed by atoms with Crippen molar-refractivity contribution in [3.63, 3.8) is 0 Å². The highest BCUT2D eigenvalue weighted by Crippen LogP contribution is 2.16. The molecule has 0 amide bonds. The number of hydrogen-bond donors (Lipinski definition) is 1. The SMILES string of the molecule is Cc1cc(CN2CCN(CC(C)C)CC2)oc1CN. The minimum absolute atomic E-state index is 0.494. The Morgan fingerprint density at radius 2 is 1.84 bits per heavy atom. The van der Waals surface area contributed by atoms with E-state index in [9.17, 15) is 0 Å². The summed E-state index contributed by atoms with van der Waals surface area (Å²) in [4.78, 5) is 5.02. The van der Waals surface area contributed by atoms with E-state index in [4.69, 9.17) is 10.2 Å². The Morgan fingerprint density at radius 1 is 1.21 bits per heavy atom. The molecular weight excluding hydrogens is 238 g/mol. The summed E-state index contributed by atoms with van der Waals surface area (Å²) >= 11 is 0. The molecule has 0 saturated carbocycles. The van der Waals surface area contributed by atoms with Crippen LogP contribution in [0.3, 0.4) is 0 Å². The number of piperazine rings is 1. The van der Waals surface area contributed by atoms with E-state index in [1.807, 2.05) is 0 Å². The van der Waals surface area contributed by atoms with Gasteiger partial charge in [-0.25, -0.2) is 0 Å². The topological polar surface area (TPSA) is 45.6 Å². The van der Waals surface area contributed by atoms with Crippen molar-refractivity contribution in [2.24, 2.45) is 11.7 Å². The Morgan fingerprint density at radius 3 is 2.37 bits per heavy atom. The van der Waals surface area contributed by atoms with E-state index in [0.29, 0.717) is 6.54 Å². The van der Waals surface area contributed by atoms with Crippen molar-refractivity contribution in [2.45, 2.75) is 33.9 Å². The summed E-state index contributed by atoms with van der Waals surface area (Å²) in [6.45, 7) is 13.8. The molecular formula is C15H27N3O. The Bertz CT molecular complexity index is 392. The van der Waals surface area contributed by atoms with E-state index in [0.717, 1.165) is 37.1 Å². The molecule has 1 aromatic rings. The van der Waals surface area contributed by atoms with Gasteiger partial charge >= 0.3 is 0 Å². The van der Waals surface area contributed by atoms with Gasteiger partial charge in [-0.1, -0.05) is 13.8 Å². The van der Waals surface area contributed by atoms with Crippen LogP contribution in [0.4, 0.5) is 0 Å². The molecule has 0 atom stereocenters. The molecule has 0 unspecified atom stereocenters. The van der Waals surface area contributed by atoms with E-state index in [1.54, 1.807) is 0 Å². The third kappa shape index (κ3) is 4.06. The lowest BCUT2D eigenvalue weighted by atomic mass is 10.2. The van der Waals surface area contributed by atoms with Gasteiger partial charge in [-0.2, -0.15) is 0 Å². The van der Waals surface area contributed by atoms with Crippen molar-refractivity contribution >= 4 is 0 Å². The quantitative estimate of drug-likeness (QED) is 0.882. The number of furan rings is 1. The van der Waals surface area contributed by atoms with Crippen LogP contribution in [0.2, 0.25) is 0 Å². The average Bonchev–Trinajstić information content (AvgIpc) is 2.71. The van der Waals surface area contributed by atoms with Gasteiger partial charge in [-0.15, -0.1) is 0 Å². The first kappa shape index (κ1) is 14.6. The Labute approximate surface area is 116 Å². The molecule has 1 aromatic heterocycles. The molecule has 4 heteroatoms. The predicted octanol–water partition coefficient (Wildman–Crippen LogP) is 1.82. The van der Waals surface area contributed by atoms with E-state index >= 15 is 0 Å². The predicted molar refractivity (Wildman–Crippen MR) is 77.9 cm³/mol. The van der Waals surface area contributed by atoms with E-state index < -0.39 is 0 Å². The highest BCUT2D eigenvalue weighted by atomic mass is 16.3. The van der Waals surface area contributed by atoms with Crippen LogP contribution in [0.5, 0.6) is 0 Å². The van der Waals surface area contributed by atoms with Gasteiger partial charge in [-0.05, 0) is 24.5 Å². The zero-order valence-corrected chi connectivity index (χ0v) is 12.5. The molecule has 1 saturated heterocycles. The molecule has 0 spiro atoms. The van der Waals surface area contributed by atoms with Crippen LogP contribution < -0.4 is 5.73 Å². The van der Waals surface area contributed by atoms with Crippen LogP contribution in [0.15, 0.2) is 10.5 Å². The summed E-state index contributed by atoms with van der Waals surface area (Å²) in [5, 5.41) is 0. The first-order valence-corrected chi connectivity index (χ1v) is 7.31. The first-order valence-electron chi connectivity index (χ1n) is 7.31. The fourth-order valence-electron chi connectivity index (χ4n) is 2.74. The third-order valence-electron chi connectivity index (χ3n) is 3.72. The molecule has 2 N–H and O–H groups in total. The number of nitrogens with zero attached hydrogens (tertiary/aromatic N) is 2. The molecule has 19 heavy (non-hydrogen) atoms. The maximum atomic E-state index is 5.78. The van der Waals surface area contributed by atoms with Gasteiger partial charge < -0.3 is 15.1 Å². The summed E-state index contributed by atoms with van der Waals surface area (Å²) in [7, 11) is 0. The lowest BCUT2D eigenvalue weighted by Crippen LogP contribution is -2.46. The second kappa shape index (κ2) is 6.55. The number of hydrogen-bond acceptors (Lipinski definition) is 4. The zero-order valence-electron chi connectivity index (χ0n) is 12.5. The Hall–Kier alpha value is -0.840. The summed E-state index contributed by atoms with van der Waals surface area (Å²) in [6, 6.07) is 2.13. The Kier molecular flexibility index (Phi) is 5.02. The highest BCUT2D eigenvalue weighted by Gasteiger charge is 2.18. The molecule has 1 aliphatic rings. The molecule has 0 aromatic carbocycles. The minimum Gasteiger partial charge on any atom is -0.463 e. The maximum absolute atomic E-state index is 5.78. The van der Waals surface area contributed by atoms with Gasteiger partial charge in [0.25, 0.3) is 0 Å². The third-order valence-corrected chi connectivity index (χ3v) is 3.72. The molecule has 0 bridgehead atoms. The minimum atomic E-state index is 0.494. The van der Waals surface area contributed by atoms with Crippen LogP contribution in [0.1, 0.15) is 30.9 Å². The van der Waals surface area contributed by atoms with Gasteiger partial charge in [0.15, 0.2) is 0 Å². The fourth-order valence-corrected chi connectivity index (χ4v) is 2.74.